The Balaban J connectivity index is 1.87. The highest BCUT2D eigenvalue weighted by Crippen LogP contribution is 2.30. The van der Waals surface area contributed by atoms with Crippen LogP contribution in [0.1, 0.15) is 23.6 Å². The van der Waals surface area contributed by atoms with Gasteiger partial charge in [-0.15, -0.1) is 0 Å². The topological polar surface area (TPSA) is 86.6 Å². The first-order valence-electron chi connectivity index (χ1n) is 9.61. The third kappa shape index (κ3) is 5.61. The molecule has 0 aliphatic carbocycles. The van der Waals surface area contributed by atoms with Crippen LogP contribution >= 0.6 is 11.8 Å². The fraction of sp³-hybridized carbons (Fsp3) is 0.217. The second-order valence-corrected chi connectivity index (χ2v) is 7.45. The fourth-order valence-corrected chi connectivity index (χ4v) is 3.72. The maximum atomic E-state index is 12.3. The number of carbonyl (C=O) groups excluding carboxylic acids is 2. The highest BCUT2D eigenvalue weighted by Gasteiger charge is 2.29. The second-order valence-electron chi connectivity index (χ2n) is 6.42. The molecule has 3 rings (SSSR count). The summed E-state index contributed by atoms with van der Waals surface area (Å²) in [6.45, 7) is 4.19. The average molecular weight is 439 g/mol. The van der Waals surface area contributed by atoms with E-state index < -0.39 is 11.9 Å². The predicted molar refractivity (Wildman–Crippen MR) is 120 cm³/mol. The van der Waals surface area contributed by atoms with Gasteiger partial charge in [0.2, 0.25) is 0 Å². The van der Waals surface area contributed by atoms with Crippen LogP contribution in [0.4, 0.5) is 0 Å². The van der Waals surface area contributed by atoms with Crippen molar-refractivity contribution in [2.45, 2.75) is 20.5 Å². The quantitative estimate of drug-likeness (QED) is 0.268. The van der Waals surface area contributed by atoms with Crippen molar-refractivity contribution in [3.8, 4) is 5.75 Å². The third-order valence-electron chi connectivity index (χ3n) is 4.29. The van der Waals surface area contributed by atoms with Crippen molar-refractivity contribution >= 4 is 34.4 Å². The number of hydrogen-bond donors (Lipinski definition) is 0. The molecule has 0 N–H and O–H groups in total. The van der Waals surface area contributed by atoms with E-state index in [1.54, 1.807) is 6.92 Å². The zero-order valence-corrected chi connectivity index (χ0v) is 18.3. The number of aryl methyl sites for hydroxylation is 1. The number of aliphatic imine (C=N–C) groups is 1. The lowest BCUT2D eigenvalue weighted by Crippen LogP contribution is -2.15. The van der Waals surface area contributed by atoms with Crippen LogP contribution in [0.25, 0.3) is 0 Å². The molecule has 7 nitrogen and oxygen atoms in total. The number of carbonyl (C=O) groups is 2. The molecule has 8 heteroatoms. The van der Waals surface area contributed by atoms with Crippen molar-refractivity contribution in [3.05, 3.63) is 76.2 Å². The summed E-state index contributed by atoms with van der Waals surface area (Å²) in [6, 6.07) is 15.3. The molecule has 0 fully saturated rings. The Labute approximate surface area is 184 Å². The van der Waals surface area contributed by atoms with E-state index in [1.165, 1.54) is 7.11 Å². The zero-order chi connectivity index (χ0) is 22.2. The highest BCUT2D eigenvalue weighted by molar-refractivity contribution is 8.20. The Hall–Kier alpha value is -3.39. The maximum absolute atomic E-state index is 12.3. The van der Waals surface area contributed by atoms with Gasteiger partial charge in [0.25, 0.3) is 5.91 Å². The van der Waals surface area contributed by atoms with E-state index in [1.807, 2.05) is 55.5 Å². The molecule has 0 bridgehead atoms. The number of oxime groups is 1. The smallest absolute Gasteiger partial charge is 0.332 e. The van der Waals surface area contributed by atoms with E-state index in [-0.39, 0.29) is 11.5 Å². The van der Waals surface area contributed by atoms with Crippen LogP contribution in [0.3, 0.4) is 0 Å². The molecule has 0 saturated heterocycles. The van der Waals surface area contributed by atoms with Gasteiger partial charge in [-0.1, -0.05) is 59.4 Å². The Morgan fingerprint density at radius 2 is 1.90 bits per heavy atom. The number of rotatable bonds is 8. The standard InChI is InChI=1S/C23H22N2O5S/c1-4-29-20(26)13-19-22(27)24-23(31-19)21(25-28-3)17-11-7-6-10-16(17)14-30-18-12-8-5-9-15(18)2/h5-13H,4,14H2,1-3H3. The first kappa shape index (κ1) is 22.3. The molecule has 0 radical (unpaired) electrons. The highest BCUT2D eigenvalue weighted by atomic mass is 32.2. The summed E-state index contributed by atoms with van der Waals surface area (Å²) in [5.41, 5.74) is 2.98. The van der Waals surface area contributed by atoms with Crippen molar-refractivity contribution in [2.75, 3.05) is 13.7 Å². The Morgan fingerprint density at radius 3 is 2.65 bits per heavy atom. The van der Waals surface area contributed by atoms with Crippen molar-refractivity contribution in [1.29, 1.82) is 0 Å². The Kier molecular flexibility index (Phi) is 7.61. The van der Waals surface area contributed by atoms with Crippen molar-refractivity contribution in [3.63, 3.8) is 0 Å². The van der Waals surface area contributed by atoms with Gasteiger partial charge in [-0.05, 0) is 31.0 Å². The van der Waals surface area contributed by atoms with Crippen LogP contribution in [-0.2, 0) is 25.8 Å². The van der Waals surface area contributed by atoms with Crippen LogP contribution in [0.2, 0.25) is 0 Å². The predicted octanol–water partition coefficient (Wildman–Crippen LogP) is 4.04. The van der Waals surface area contributed by atoms with Crippen LogP contribution in [0.15, 0.2) is 69.7 Å². The minimum absolute atomic E-state index is 0.172. The monoisotopic (exact) mass is 438 g/mol. The van der Waals surface area contributed by atoms with Gasteiger partial charge in [-0.2, -0.15) is 4.99 Å². The molecule has 0 atom stereocenters. The van der Waals surface area contributed by atoms with Gasteiger partial charge < -0.3 is 14.3 Å². The molecule has 2 aromatic carbocycles. The molecule has 31 heavy (non-hydrogen) atoms. The number of hydrogen-bond acceptors (Lipinski definition) is 7. The second kappa shape index (κ2) is 10.6. The summed E-state index contributed by atoms with van der Waals surface area (Å²) < 4.78 is 10.9. The van der Waals surface area contributed by atoms with Crippen LogP contribution < -0.4 is 4.74 Å². The number of esters is 1. The molecule has 1 aliphatic heterocycles. The average Bonchev–Trinajstić information content (AvgIpc) is 3.11. The molecule has 0 spiro atoms. The van der Waals surface area contributed by atoms with Crippen molar-refractivity contribution in [1.82, 2.24) is 0 Å². The lowest BCUT2D eigenvalue weighted by atomic mass is 10.0. The maximum Gasteiger partial charge on any atom is 0.332 e. The minimum Gasteiger partial charge on any atom is -0.489 e. The van der Waals surface area contributed by atoms with Gasteiger partial charge in [-0.3, -0.25) is 4.79 Å². The Morgan fingerprint density at radius 1 is 1.16 bits per heavy atom. The number of amides is 1. The summed E-state index contributed by atoms with van der Waals surface area (Å²) in [5, 5.41) is 4.45. The number of ether oxygens (including phenoxy) is 2. The number of nitrogens with zero attached hydrogens (tertiary/aromatic N) is 2. The molecule has 0 aromatic heterocycles. The van der Waals surface area contributed by atoms with Crippen molar-refractivity contribution < 1.29 is 23.9 Å². The van der Waals surface area contributed by atoms with E-state index in [4.69, 9.17) is 14.3 Å². The number of benzene rings is 2. The summed E-state index contributed by atoms with van der Waals surface area (Å²) >= 11 is 1.05. The molecular weight excluding hydrogens is 416 g/mol. The van der Waals surface area contributed by atoms with E-state index in [9.17, 15) is 9.59 Å². The minimum atomic E-state index is -0.591. The van der Waals surface area contributed by atoms with E-state index in [2.05, 4.69) is 10.1 Å². The van der Waals surface area contributed by atoms with Crippen LogP contribution in [0, 0.1) is 6.92 Å². The fourth-order valence-electron chi connectivity index (χ4n) is 2.85. The van der Waals surface area contributed by atoms with Gasteiger partial charge in [0, 0.05) is 11.6 Å². The molecule has 1 heterocycles. The molecular formula is C23H22N2O5S. The summed E-state index contributed by atoms with van der Waals surface area (Å²) in [4.78, 5) is 33.3. The number of para-hydroxylation sites is 1. The van der Waals surface area contributed by atoms with Gasteiger partial charge in [0.05, 0.1) is 11.5 Å². The van der Waals surface area contributed by atoms with Gasteiger partial charge in [-0.25, -0.2) is 4.79 Å². The molecule has 0 saturated carbocycles. The van der Waals surface area contributed by atoms with E-state index in [0.717, 1.165) is 40.3 Å². The molecule has 160 valence electrons. The summed E-state index contributed by atoms with van der Waals surface area (Å²) in [6.07, 6.45) is 1.14. The summed E-state index contributed by atoms with van der Waals surface area (Å²) in [7, 11) is 1.42. The largest absolute Gasteiger partial charge is 0.489 e. The lowest BCUT2D eigenvalue weighted by molar-refractivity contribution is -0.137. The molecule has 2 aromatic rings. The number of thioether (sulfide) groups is 1. The van der Waals surface area contributed by atoms with E-state index in [0.29, 0.717) is 17.4 Å². The molecule has 1 amide bonds. The van der Waals surface area contributed by atoms with Gasteiger partial charge in [0.15, 0.2) is 0 Å². The molecule has 0 unspecified atom stereocenters. The first-order valence-corrected chi connectivity index (χ1v) is 10.4. The van der Waals surface area contributed by atoms with Crippen LogP contribution in [-0.4, -0.2) is 36.3 Å². The molecule has 1 aliphatic rings. The van der Waals surface area contributed by atoms with E-state index >= 15 is 0 Å². The van der Waals surface area contributed by atoms with Gasteiger partial charge in [0.1, 0.15) is 30.2 Å². The Bertz CT molecular complexity index is 1080. The first-order chi connectivity index (χ1) is 15.0. The zero-order valence-electron chi connectivity index (χ0n) is 17.5. The van der Waals surface area contributed by atoms with Gasteiger partial charge >= 0.3 is 5.97 Å². The lowest BCUT2D eigenvalue weighted by Gasteiger charge is -2.13. The third-order valence-corrected chi connectivity index (χ3v) is 5.28. The SMILES string of the molecule is CCOC(=O)C=C1SC(C(=NOC)c2ccccc2COc2ccccc2C)=NC1=O. The normalized spacial score (nSPS) is 15.1. The van der Waals surface area contributed by atoms with Crippen molar-refractivity contribution in [2.24, 2.45) is 10.1 Å². The van der Waals surface area contributed by atoms with Crippen LogP contribution in [0.5, 0.6) is 5.75 Å². The summed E-state index contributed by atoms with van der Waals surface area (Å²) in [5.74, 6) is -0.331.